The number of pyridine rings is 2. The highest BCUT2D eigenvalue weighted by atomic mass is 16.5. The van der Waals surface area contributed by atoms with Crippen molar-refractivity contribution in [1.29, 1.82) is 0 Å². The first kappa shape index (κ1) is 25.2. The number of aryl methyl sites for hydroxylation is 1. The van der Waals surface area contributed by atoms with Crippen molar-refractivity contribution in [3.8, 4) is 5.88 Å². The highest BCUT2D eigenvalue weighted by Gasteiger charge is 2.22. The number of carbonyl (C=O) groups excluding carboxylic acids is 1. The Morgan fingerprint density at radius 1 is 1.02 bits per heavy atom. The molecule has 0 atom stereocenters. The van der Waals surface area contributed by atoms with Crippen LogP contribution in [0.15, 0.2) is 53.8 Å². The first-order chi connectivity index (χ1) is 19.5. The lowest BCUT2D eigenvalue weighted by atomic mass is 10.1. The lowest BCUT2D eigenvalue weighted by molar-refractivity contribution is 0.102. The van der Waals surface area contributed by atoms with Crippen LogP contribution in [0.2, 0.25) is 0 Å². The molecule has 13 nitrogen and oxygen atoms in total. The molecule has 4 aromatic rings. The van der Waals surface area contributed by atoms with E-state index in [4.69, 9.17) is 4.74 Å². The zero-order valence-corrected chi connectivity index (χ0v) is 22.3. The Bertz CT molecular complexity index is 1590. The van der Waals surface area contributed by atoms with Gasteiger partial charge >= 0.3 is 0 Å². The molecule has 0 saturated carbocycles. The topological polar surface area (TPSA) is 145 Å². The molecule has 1 amide bonds. The second-order valence-electron chi connectivity index (χ2n) is 9.67. The van der Waals surface area contributed by atoms with Crippen LogP contribution in [0.5, 0.6) is 5.88 Å². The van der Waals surface area contributed by atoms with Crippen LogP contribution in [0.1, 0.15) is 15.9 Å². The Hall–Kier alpha value is -5.07. The molecule has 2 aliphatic heterocycles. The van der Waals surface area contributed by atoms with Crippen molar-refractivity contribution >= 4 is 40.3 Å². The van der Waals surface area contributed by atoms with Crippen LogP contribution in [0.4, 0.5) is 34.4 Å². The van der Waals surface area contributed by atoms with Crippen LogP contribution in [-0.4, -0.2) is 70.0 Å². The minimum absolute atomic E-state index is 0.0211. The Kier molecular flexibility index (Phi) is 6.68. The van der Waals surface area contributed by atoms with Crippen LogP contribution in [0.25, 0.3) is 0 Å². The highest BCUT2D eigenvalue weighted by molar-refractivity contribution is 6.08. The number of hydrogen-bond acceptors (Lipinski definition) is 10. The summed E-state index contributed by atoms with van der Waals surface area (Å²) in [6.07, 6.45) is 4.84. The summed E-state index contributed by atoms with van der Waals surface area (Å²) in [5, 5.41) is 13.7. The van der Waals surface area contributed by atoms with Gasteiger partial charge in [0.15, 0.2) is 0 Å². The summed E-state index contributed by atoms with van der Waals surface area (Å²) in [4.78, 5) is 41.8. The molecule has 0 unspecified atom stereocenters. The molecule has 4 N–H and O–H groups in total. The Balaban J connectivity index is 1.14. The number of fused-ring (bicyclic) bond motifs is 1. The smallest absolute Gasteiger partial charge is 0.263 e. The van der Waals surface area contributed by atoms with Crippen LogP contribution in [-0.2, 0) is 7.05 Å². The molecule has 5 heterocycles. The third-order valence-electron chi connectivity index (χ3n) is 7.04. The summed E-state index contributed by atoms with van der Waals surface area (Å²) in [5.41, 5.74) is 3.84. The van der Waals surface area contributed by atoms with Gasteiger partial charge in [0.2, 0.25) is 11.8 Å². The van der Waals surface area contributed by atoms with Crippen LogP contribution in [0.3, 0.4) is 0 Å². The molecule has 1 saturated heterocycles. The maximum atomic E-state index is 13.3. The lowest BCUT2D eigenvalue weighted by Crippen LogP contribution is -2.47. The number of H-pyrrole nitrogens is 1. The van der Waals surface area contributed by atoms with Crippen LogP contribution in [0, 0.1) is 6.92 Å². The molecule has 1 aromatic carbocycles. The number of nitrogens with one attached hydrogen (secondary N) is 4. The van der Waals surface area contributed by atoms with E-state index in [0.717, 1.165) is 49.1 Å². The monoisotopic (exact) mass is 542 g/mol. The minimum Gasteiger partial charge on any atom is -0.474 e. The quantitative estimate of drug-likeness (QED) is 0.286. The van der Waals surface area contributed by atoms with E-state index >= 15 is 0 Å². The number of aromatic nitrogens is 5. The normalized spacial score (nSPS) is 14.7. The van der Waals surface area contributed by atoms with Gasteiger partial charge in [0.25, 0.3) is 11.5 Å². The van der Waals surface area contributed by atoms with Crippen molar-refractivity contribution in [2.75, 3.05) is 65.1 Å². The fourth-order valence-electron chi connectivity index (χ4n) is 4.89. The number of carbonyl (C=O) groups is 1. The maximum absolute atomic E-state index is 13.3. The summed E-state index contributed by atoms with van der Waals surface area (Å²) >= 11 is 0. The van der Waals surface area contributed by atoms with Gasteiger partial charge in [0, 0.05) is 62.9 Å². The zero-order chi connectivity index (χ0) is 27.6. The van der Waals surface area contributed by atoms with E-state index in [9.17, 15) is 9.59 Å². The molecule has 3 aromatic heterocycles. The Morgan fingerprint density at radius 2 is 1.80 bits per heavy atom. The molecular weight excluding hydrogens is 512 g/mol. The van der Waals surface area contributed by atoms with Gasteiger partial charge in [-0.1, -0.05) is 0 Å². The van der Waals surface area contributed by atoms with Crippen molar-refractivity contribution in [2.24, 2.45) is 7.05 Å². The predicted octanol–water partition coefficient (Wildman–Crippen LogP) is 2.33. The zero-order valence-electron chi connectivity index (χ0n) is 22.3. The van der Waals surface area contributed by atoms with E-state index < -0.39 is 11.5 Å². The molecule has 0 aliphatic carbocycles. The standard InChI is InChI=1S/C27H30N10O3/c1-17-21(15-30-26-23(17)28-9-14-40-26)33-20-7-8-29-24(38)22(20)25(39)32-18-3-5-19(6-4-18)36-10-12-37(13-11-36)27-31-16-35(2)34-27/h3-8,15-16,28H,9-14H2,1-2H3,(H,32,39)(H2,29,33,38). The molecular formula is C27H30N10O3. The third kappa shape index (κ3) is 5.00. The number of hydrogen-bond donors (Lipinski definition) is 4. The SMILES string of the molecule is Cc1c(Nc2cc[nH]c(=O)c2C(=O)Nc2ccc(N3CCN(c4ncn(C)n4)CC3)cc2)cnc2c1NCCO2. The first-order valence-corrected chi connectivity index (χ1v) is 13.1. The number of ether oxygens (including phenoxy) is 1. The second-order valence-corrected chi connectivity index (χ2v) is 9.67. The summed E-state index contributed by atoms with van der Waals surface area (Å²) < 4.78 is 7.30. The van der Waals surface area contributed by atoms with Gasteiger partial charge in [0.1, 0.15) is 24.2 Å². The van der Waals surface area contributed by atoms with Crippen LogP contribution >= 0.6 is 0 Å². The number of anilines is 6. The summed E-state index contributed by atoms with van der Waals surface area (Å²) in [5.74, 6) is 0.765. The fourth-order valence-corrected chi connectivity index (χ4v) is 4.89. The van der Waals surface area contributed by atoms with E-state index in [0.29, 0.717) is 36.1 Å². The summed E-state index contributed by atoms with van der Waals surface area (Å²) in [6, 6.07) is 9.27. The van der Waals surface area contributed by atoms with Crippen LogP contribution < -0.4 is 36.0 Å². The number of amides is 1. The number of benzene rings is 1. The predicted molar refractivity (Wildman–Crippen MR) is 153 cm³/mol. The fraction of sp³-hybridized carbons (Fsp3) is 0.296. The number of rotatable bonds is 6. The van der Waals surface area contributed by atoms with E-state index in [1.807, 2.05) is 38.2 Å². The molecule has 206 valence electrons. The van der Waals surface area contributed by atoms with Crippen molar-refractivity contribution in [2.45, 2.75) is 6.92 Å². The molecule has 0 spiro atoms. The van der Waals surface area contributed by atoms with Crippen molar-refractivity contribution in [3.63, 3.8) is 0 Å². The first-order valence-electron chi connectivity index (χ1n) is 13.1. The van der Waals surface area contributed by atoms with Crippen molar-refractivity contribution < 1.29 is 9.53 Å². The average Bonchev–Trinajstić information content (AvgIpc) is 3.41. The second kappa shape index (κ2) is 10.6. The van der Waals surface area contributed by atoms with Gasteiger partial charge < -0.3 is 35.5 Å². The molecule has 2 aliphatic rings. The number of nitrogens with zero attached hydrogens (tertiary/aromatic N) is 6. The summed E-state index contributed by atoms with van der Waals surface area (Å²) in [6.45, 7) is 6.44. The minimum atomic E-state index is -0.515. The van der Waals surface area contributed by atoms with E-state index in [1.54, 1.807) is 23.3 Å². The molecule has 0 bridgehead atoms. The molecule has 0 radical (unpaired) electrons. The molecule has 6 rings (SSSR count). The van der Waals surface area contributed by atoms with E-state index in [-0.39, 0.29) is 5.56 Å². The average molecular weight is 543 g/mol. The van der Waals surface area contributed by atoms with Gasteiger partial charge in [-0.05, 0) is 37.3 Å². The molecule has 1 fully saturated rings. The lowest BCUT2D eigenvalue weighted by Gasteiger charge is -2.35. The molecule has 40 heavy (non-hydrogen) atoms. The van der Waals surface area contributed by atoms with Gasteiger partial charge in [-0.3, -0.25) is 14.3 Å². The number of aromatic amines is 1. The van der Waals surface area contributed by atoms with E-state index in [1.165, 1.54) is 6.20 Å². The highest BCUT2D eigenvalue weighted by Crippen LogP contribution is 2.34. The maximum Gasteiger partial charge on any atom is 0.263 e. The van der Waals surface area contributed by atoms with Gasteiger partial charge in [0.05, 0.1) is 17.6 Å². The largest absolute Gasteiger partial charge is 0.474 e. The Labute approximate surface area is 230 Å². The third-order valence-corrected chi connectivity index (χ3v) is 7.04. The van der Waals surface area contributed by atoms with Crippen molar-refractivity contribution in [3.05, 3.63) is 70.5 Å². The Morgan fingerprint density at radius 3 is 2.55 bits per heavy atom. The van der Waals surface area contributed by atoms with Gasteiger partial charge in [-0.25, -0.2) is 9.97 Å². The molecule has 13 heteroatoms. The van der Waals surface area contributed by atoms with E-state index in [2.05, 4.69) is 45.8 Å². The van der Waals surface area contributed by atoms with Gasteiger partial charge in [-0.2, -0.15) is 0 Å². The van der Waals surface area contributed by atoms with Crippen molar-refractivity contribution in [1.82, 2.24) is 24.7 Å². The van der Waals surface area contributed by atoms with Gasteiger partial charge in [-0.15, -0.1) is 5.10 Å². The summed E-state index contributed by atoms with van der Waals surface area (Å²) in [7, 11) is 1.86. The number of piperazine rings is 1.